The minimum absolute atomic E-state index is 0.341. The van der Waals surface area contributed by atoms with Crippen LogP contribution in [0.15, 0.2) is 41.4 Å². The van der Waals surface area contributed by atoms with E-state index in [0.717, 1.165) is 36.4 Å². The average molecular weight is 443 g/mol. The summed E-state index contributed by atoms with van der Waals surface area (Å²) in [5.41, 5.74) is 3.45. The van der Waals surface area contributed by atoms with Crippen molar-refractivity contribution in [3.63, 3.8) is 0 Å². The van der Waals surface area contributed by atoms with E-state index in [1.165, 1.54) is 0 Å². The number of fused-ring (bicyclic) bond motifs is 1. The van der Waals surface area contributed by atoms with E-state index in [1.54, 1.807) is 13.2 Å². The van der Waals surface area contributed by atoms with Crippen molar-refractivity contribution in [1.82, 2.24) is 5.32 Å². The highest BCUT2D eigenvalue weighted by molar-refractivity contribution is 7.80. The summed E-state index contributed by atoms with van der Waals surface area (Å²) in [6.45, 7) is 3.02. The fourth-order valence-electron chi connectivity index (χ4n) is 3.09. The van der Waals surface area contributed by atoms with Crippen LogP contribution in [0.3, 0.4) is 0 Å². The molecule has 0 radical (unpaired) electrons. The quantitative estimate of drug-likeness (QED) is 0.454. The van der Waals surface area contributed by atoms with Crippen LogP contribution in [0.2, 0.25) is 5.02 Å². The molecule has 2 N–H and O–H groups in total. The van der Waals surface area contributed by atoms with E-state index in [4.69, 9.17) is 33.3 Å². The van der Waals surface area contributed by atoms with Gasteiger partial charge in [0.1, 0.15) is 23.4 Å². The highest BCUT2D eigenvalue weighted by atomic mass is 35.5. The molecule has 0 unspecified atom stereocenters. The Morgan fingerprint density at radius 2 is 2.07 bits per heavy atom. The maximum atomic E-state index is 9.68. The predicted molar refractivity (Wildman–Crippen MR) is 124 cm³/mol. The standard InChI is InChI=1S/C22H23ClN4O2S/c1-28-9-4-7-25-8-10-29-20-12-19-17(11-15(20)13-24)22(26-14-21(30)27-19)16-5-2-3-6-18(16)23/h2-3,5-6,11-12,25H,4,7-10,14H2,1H3,(H,27,30). The van der Waals surface area contributed by atoms with Gasteiger partial charge in [0.2, 0.25) is 0 Å². The molecule has 2 aromatic rings. The number of aliphatic imine (C=N–C) groups is 1. The highest BCUT2D eigenvalue weighted by Gasteiger charge is 2.21. The Bertz CT molecular complexity index is 988. The summed E-state index contributed by atoms with van der Waals surface area (Å²) in [5.74, 6) is 0.505. The molecule has 0 aromatic heterocycles. The third-order valence-electron chi connectivity index (χ3n) is 4.52. The van der Waals surface area contributed by atoms with Gasteiger partial charge in [-0.3, -0.25) is 4.99 Å². The van der Waals surface area contributed by atoms with E-state index < -0.39 is 0 Å². The maximum absolute atomic E-state index is 9.68. The van der Waals surface area contributed by atoms with E-state index in [0.29, 0.717) is 46.7 Å². The van der Waals surface area contributed by atoms with Gasteiger partial charge in [0, 0.05) is 42.5 Å². The second-order valence-corrected chi connectivity index (χ2v) is 7.54. The second-order valence-electron chi connectivity index (χ2n) is 6.64. The first-order chi connectivity index (χ1) is 14.6. The molecule has 0 amide bonds. The topological polar surface area (TPSA) is 78.7 Å². The number of nitrogens with zero attached hydrogens (tertiary/aromatic N) is 2. The smallest absolute Gasteiger partial charge is 0.139 e. The summed E-state index contributed by atoms with van der Waals surface area (Å²) in [4.78, 5) is 5.24. The molecule has 0 atom stereocenters. The Morgan fingerprint density at radius 1 is 1.23 bits per heavy atom. The first kappa shape index (κ1) is 22.2. The summed E-state index contributed by atoms with van der Waals surface area (Å²) in [5, 5.41) is 16.8. The van der Waals surface area contributed by atoms with Gasteiger partial charge in [0.15, 0.2) is 0 Å². The van der Waals surface area contributed by atoms with Crippen LogP contribution in [0, 0.1) is 11.3 Å². The molecule has 0 aliphatic carbocycles. The van der Waals surface area contributed by atoms with Crippen LogP contribution in [0.4, 0.5) is 5.69 Å². The van der Waals surface area contributed by atoms with Gasteiger partial charge in [0.05, 0.1) is 23.5 Å². The van der Waals surface area contributed by atoms with Crippen LogP contribution >= 0.6 is 23.8 Å². The van der Waals surface area contributed by atoms with E-state index in [2.05, 4.69) is 21.7 Å². The van der Waals surface area contributed by atoms with Gasteiger partial charge >= 0.3 is 0 Å². The Balaban J connectivity index is 1.83. The van der Waals surface area contributed by atoms with Crippen LogP contribution in [0.1, 0.15) is 23.1 Å². The van der Waals surface area contributed by atoms with Gasteiger partial charge in [0.25, 0.3) is 0 Å². The lowest BCUT2D eigenvalue weighted by Gasteiger charge is -2.15. The van der Waals surface area contributed by atoms with Crippen molar-refractivity contribution in [1.29, 1.82) is 5.26 Å². The van der Waals surface area contributed by atoms with Crippen molar-refractivity contribution in [3.05, 3.63) is 58.1 Å². The number of nitrogens with one attached hydrogen (secondary N) is 2. The number of nitriles is 1. The minimum Gasteiger partial charge on any atom is -0.491 e. The van der Waals surface area contributed by atoms with Gasteiger partial charge in [-0.2, -0.15) is 5.26 Å². The molecule has 0 saturated carbocycles. The zero-order valence-electron chi connectivity index (χ0n) is 16.7. The fraction of sp³-hybridized carbons (Fsp3) is 0.318. The van der Waals surface area contributed by atoms with Crippen LogP contribution in [-0.2, 0) is 4.74 Å². The third-order valence-corrected chi connectivity index (χ3v) is 5.08. The lowest BCUT2D eigenvalue weighted by atomic mass is 9.98. The predicted octanol–water partition coefficient (Wildman–Crippen LogP) is 3.81. The van der Waals surface area contributed by atoms with Crippen LogP contribution in [0.25, 0.3) is 0 Å². The van der Waals surface area contributed by atoms with Crippen LogP contribution < -0.4 is 15.4 Å². The van der Waals surface area contributed by atoms with Crippen LogP contribution in [-0.4, -0.2) is 50.7 Å². The Kier molecular flexibility index (Phi) is 8.17. The van der Waals surface area contributed by atoms with Crippen molar-refractivity contribution in [2.45, 2.75) is 6.42 Å². The molecule has 30 heavy (non-hydrogen) atoms. The molecule has 156 valence electrons. The summed E-state index contributed by atoms with van der Waals surface area (Å²) in [6.07, 6.45) is 0.935. The number of benzodiazepines with no additional fused rings is 1. The van der Waals surface area contributed by atoms with E-state index in [9.17, 15) is 5.26 Å². The number of thiocarbonyl (C=S) groups is 1. The Hall–Kier alpha value is -2.50. The van der Waals surface area contributed by atoms with Crippen molar-refractivity contribution < 1.29 is 9.47 Å². The summed E-state index contributed by atoms with van der Waals surface area (Å²) in [6, 6.07) is 13.3. The minimum atomic E-state index is 0.341. The number of anilines is 1. The molecule has 0 spiro atoms. The second kappa shape index (κ2) is 11.0. The van der Waals surface area contributed by atoms with Crippen molar-refractivity contribution in [3.8, 4) is 11.8 Å². The summed E-state index contributed by atoms with van der Waals surface area (Å²) >= 11 is 11.8. The molecule has 2 aromatic carbocycles. The molecule has 1 heterocycles. The molecule has 8 heteroatoms. The van der Waals surface area contributed by atoms with Crippen molar-refractivity contribution >= 4 is 40.2 Å². The molecule has 0 fully saturated rings. The lowest BCUT2D eigenvalue weighted by molar-refractivity contribution is 0.193. The first-order valence-electron chi connectivity index (χ1n) is 9.64. The number of halogens is 1. The molecular weight excluding hydrogens is 420 g/mol. The monoisotopic (exact) mass is 442 g/mol. The number of ether oxygens (including phenoxy) is 2. The summed E-state index contributed by atoms with van der Waals surface area (Å²) < 4.78 is 10.9. The highest BCUT2D eigenvalue weighted by Crippen LogP contribution is 2.32. The Labute approximate surface area is 186 Å². The van der Waals surface area contributed by atoms with Gasteiger partial charge in [-0.05, 0) is 25.1 Å². The number of hydrogen-bond donors (Lipinski definition) is 2. The largest absolute Gasteiger partial charge is 0.491 e. The summed E-state index contributed by atoms with van der Waals surface area (Å²) in [7, 11) is 1.69. The number of methoxy groups -OCH3 is 1. The van der Waals surface area contributed by atoms with Gasteiger partial charge in [-0.25, -0.2) is 0 Å². The van der Waals surface area contributed by atoms with Crippen molar-refractivity contribution in [2.75, 3.05) is 45.3 Å². The van der Waals surface area contributed by atoms with E-state index >= 15 is 0 Å². The molecule has 0 saturated heterocycles. The van der Waals surface area contributed by atoms with Gasteiger partial charge in [-0.15, -0.1) is 0 Å². The zero-order valence-corrected chi connectivity index (χ0v) is 18.3. The molecule has 1 aliphatic heterocycles. The zero-order chi connectivity index (χ0) is 21.3. The van der Waals surface area contributed by atoms with E-state index in [1.807, 2.05) is 30.3 Å². The normalized spacial score (nSPS) is 13.0. The Morgan fingerprint density at radius 3 is 2.83 bits per heavy atom. The van der Waals surface area contributed by atoms with E-state index in [-0.39, 0.29) is 0 Å². The van der Waals surface area contributed by atoms with Gasteiger partial charge < -0.3 is 20.1 Å². The average Bonchev–Trinajstić information content (AvgIpc) is 2.90. The third kappa shape index (κ3) is 5.55. The van der Waals surface area contributed by atoms with Crippen LogP contribution in [0.5, 0.6) is 5.75 Å². The van der Waals surface area contributed by atoms with Gasteiger partial charge in [-0.1, -0.05) is 42.0 Å². The molecule has 0 bridgehead atoms. The number of rotatable bonds is 9. The fourth-order valence-corrected chi connectivity index (χ4v) is 3.49. The lowest BCUT2D eigenvalue weighted by Crippen LogP contribution is -2.23. The molecular formula is C22H23ClN4O2S. The molecule has 1 aliphatic rings. The molecule has 3 rings (SSSR count). The molecule has 6 nitrogen and oxygen atoms in total. The first-order valence-corrected chi connectivity index (χ1v) is 10.4. The maximum Gasteiger partial charge on any atom is 0.139 e. The van der Waals surface area contributed by atoms with Crippen molar-refractivity contribution in [2.24, 2.45) is 4.99 Å². The number of hydrogen-bond acceptors (Lipinski definition) is 6. The SMILES string of the molecule is COCCCNCCOc1cc2c(cc1C#N)C(c1ccccc1Cl)=NCC(=S)N2. The number of benzene rings is 2.